The van der Waals surface area contributed by atoms with Crippen molar-refractivity contribution in [2.45, 2.75) is 0 Å². The molecule has 0 unspecified atom stereocenters. The Hall–Kier alpha value is -1.88. The molecule has 0 heterocycles. The number of rotatable bonds is 2. The first-order valence-corrected chi connectivity index (χ1v) is 5.99. The quantitative estimate of drug-likeness (QED) is 0.835. The molecule has 0 spiro atoms. The van der Waals surface area contributed by atoms with Crippen LogP contribution in [-0.2, 0) is 0 Å². The number of carbonyl (C=O) groups is 1. The molecule has 0 saturated carbocycles. The maximum Gasteiger partial charge on any atom is 0.259 e. The summed E-state index contributed by atoms with van der Waals surface area (Å²) in [4.78, 5) is 12.0. The number of nitrogens with one attached hydrogen (secondary N) is 1. The van der Waals surface area contributed by atoms with Gasteiger partial charge in [0.15, 0.2) is 0 Å². The van der Waals surface area contributed by atoms with Crippen LogP contribution >= 0.6 is 15.9 Å². The van der Waals surface area contributed by atoms with Crippen molar-refractivity contribution < 1.29 is 9.18 Å². The van der Waals surface area contributed by atoms with E-state index in [1.54, 1.807) is 24.3 Å². The third-order valence-electron chi connectivity index (χ3n) is 2.39. The molecule has 92 valence electrons. The van der Waals surface area contributed by atoms with E-state index in [4.69, 9.17) is 5.73 Å². The van der Waals surface area contributed by atoms with Crippen LogP contribution in [0.15, 0.2) is 46.9 Å². The van der Waals surface area contributed by atoms with E-state index in [1.807, 2.05) is 6.07 Å². The Morgan fingerprint density at radius 1 is 1.17 bits per heavy atom. The van der Waals surface area contributed by atoms with Crippen LogP contribution in [0.2, 0.25) is 0 Å². The maximum absolute atomic E-state index is 13.4. The average molecular weight is 309 g/mol. The molecule has 0 radical (unpaired) electrons. The van der Waals surface area contributed by atoms with Gasteiger partial charge >= 0.3 is 0 Å². The first kappa shape index (κ1) is 12.6. The number of para-hydroxylation sites is 1. The normalized spacial score (nSPS) is 10.1. The first-order valence-electron chi connectivity index (χ1n) is 5.19. The zero-order chi connectivity index (χ0) is 13.1. The molecular formula is C13H10BrFN2O. The molecule has 0 aromatic heterocycles. The summed E-state index contributed by atoms with van der Waals surface area (Å²) in [7, 11) is 0. The van der Waals surface area contributed by atoms with Crippen LogP contribution in [0.25, 0.3) is 0 Å². The van der Waals surface area contributed by atoms with Gasteiger partial charge in [0, 0.05) is 11.4 Å². The topological polar surface area (TPSA) is 55.1 Å². The predicted octanol–water partition coefficient (Wildman–Crippen LogP) is 3.42. The van der Waals surface area contributed by atoms with Crippen molar-refractivity contribution in [1.29, 1.82) is 0 Å². The predicted molar refractivity (Wildman–Crippen MR) is 72.9 cm³/mol. The molecule has 2 rings (SSSR count). The van der Waals surface area contributed by atoms with Gasteiger partial charge in [0.25, 0.3) is 5.91 Å². The smallest absolute Gasteiger partial charge is 0.259 e. The average Bonchev–Trinajstić information content (AvgIpc) is 2.36. The maximum atomic E-state index is 13.4. The summed E-state index contributed by atoms with van der Waals surface area (Å²) in [5, 5.41) is 2.65. The molecule has 5 heteroatoms. The zero-order valence-corrected chi connectivity index (χ0v) is 10.9. The van der Waals surface area contributed by atoms with E-state index in [1.165, 1.54) is 12.1 Å². The minimum absolute atomic E-state index is 0.0657. The number of nitrogens with two attached hydrogens (primary N) is 1. The van der Waals surface area contributed by atoms with Crippen LogP contribution in [-0.4, -0.2) is 5.91 Å². The molecule has 18 heavy (non-hydrogen) atoms. The molecule has 0 aliphatic rings. The van der Waals surface area contributed by atoms with E-state index in [0.717, 1.165) is 0 Å². The van der Waals surface area contributed by atoms with Crippen molar-refractivity contribution in [2.24, 2.45) is 0 Å². The lowest BCUT2D eigenvalue weighted by molar-refractivity contribution is 0.102. The molecular weight excluding hydrogens is 299 g/mol. The highest BCUT2D eigenvalue weighted by Crippen LogP contribution is 2.26. The van der Waals surface area contributed by atoms with Crippen LogP contribution < -0.4 is 11.1 Å². The number of carbonyl (C=O) groups excluding carboxylic acids is 1. The van der Waals surface area contributed by atoms with E-state index < -0.39 is 11.7 Å². The second kappa shape index (κ2) is 5.18. The van der Waals surface area contributed by atoms with Gasteiger partial charge in [0.2, 0.25) is 0 Å². The highest BCUT2D eigenvalue weighted by molar-refractivity contribution is 9.10. The van der Waals surface area contributed by atoms with Crippen LogP contribution in [0.1, 0.15) is 10.4 Å². The lowest BCUT2D eigenvalue weighted by Crippen LogP contribution is -2.15. The highest BCUT2D eigenvalue weighted by Gasteiger charge is 2.17. The molecule has 2 aromatic carbocycles. The van der Waals surface area contributed by atoms with Gasteiger partial charge in [-0.1, -0.05) is 18.2 Å². The molecule has 0 fully saturated rings. The second-order valence-electron chi connectivity index (χ2n) is 3.65. The standard InChI is InChI=1S/C13H10BrFN2O/c14-12-9(15)6-7-10(16)11(12)13(18)17-8-4-2-1-3-5-8/h1-7H,16H2,(H,17,18). The summed E-state index contributed by atoms with van der Waals surface area (Å²) in [6.45, 7) is 0. The van der Waals surface area contributed by atoms with Crippen LogP contribution in [0.5, 0.6) is 0 Å². The van der Waals surface area contributed by atoms with Gasteiger partial charge in [-0.25, -0.2) is 4.39 Å². The van der Waals surface area contributed by atoms with E-state index in [2.05, 4.69) is 21.2 Å². The van der Waals surface area contributed by atoms with Crippen molar-refractivity contribution in [3.05, 3.63) is 58.3 Å². The lowest BCUT2D eigenvalue weighted by Gasteiger charge is -2.09. The number of halogens is 2. The number of nitrogen functional groups attached to an aromatic ring is 1. The number of amides is 1. The van der Waals surface area contributed by atoms with Gasteiger partial charge < -0.3 is 11.1 Å². The lowest BCUT2D eigenvalue weighted by atomic mass is 10.1. The molecule has 3 nitrogen and oxygen atoms in total. The summed E-state index contributed by atoms with van der Waals surface area (Å²) in [5.41, 5.74) is 6.63. The second-order valence-corrected chi connectivity index (χ2v) is 4.44. The van der Waals surface area contributed by atoms with Gasteiger partial charge in [0.1, 0.15) is 5.82 Å². The van der Waals surface area contributed by atoms with Crippen LogP contribution in [0, 0.1) is 5.82 Å². The van der Waals surface area contributed by atoms with Crippen molar-refractivity contribution in [1.82, 2.24) is 0 Å². The number of hydrogen-bond donors (Lipinski definition) is 2. The van der Waals surface area contributed by atoms with Crippen LogP contribution in [0.3, 0.4) is 0 Å². The Morgan fingerprint density at radius 3 is 2.50 bits per heavy atom. The molecule has 3 N–H and O–H groups in total. The fourth-order valence-corrected chi connectivity index (χ4v) is 2.05. The summed E-state index contributed by atoms with van der Waals surface area (Å²) in [6.07, 6.45) is 0. The molecule has 2 aromatic rings. The Labute approximate surface area is 112 Å². The van der Waals surface area contributed by atoms with Gasteiger partial charge in [-0.3, -0.25) is 4.79 Å². The minimum Gasteiger partial charge on any atom is -0.398 e. The van der Waals surface area contributed by atoms with E-state index in [9.17, 15) is 9.18 Å². The molecule has 0 aliphatic heterocycles. The van der Waals surface area contributed by atoms with E-state index >= 15 is 0 Å². The SMILES string of the molecule is Nc1ccc(F)c(Br)c1C(=O)Nc1ccccc1. The highest BCUT2D eigenvalue weighted by atomic mass is 79.9. The first-order chi connectivity index (χ1) is 8.59. The van der Waals surface area contributed by atoms with Gasteiger partial charge in [-0.05, 0) is 40.2 Å². The van der Waals surface area contributed by atoms with Gasteiger partial charge in [0.05, 0.1) is 10.0 Å². The minimum atomic E-state index is -0.526. The molecule has 0 bridgehead atoms. The van der Waals surface area contributed by atoms with Crippen LogP contribution in [0.4, 0.5) is 15.8 Å². The number of benzene rings is 2. The Bertz CT molecular complexity index is 587. The Morgan fingerprint density at radius 2 is 1.83 bits per heavy atom. The van der Waals surface area contributed by atoms with Gasteiger partial charge in [-0.2, -0.15) is 0 Å². The van der Waals surface area contributed by atoms with Crippen molar-refractivity contribution in [3.63, 3.8) is 0 Å². The fraction of sp³-hybridized carbons (Fsp3) is 0. The monoisotopic (exact) mass is 308 g/mol. The molecule has 1 amide bonds. The van der Waals surface area contributed by atoms with E-state index in [0.29, 0.717) is 5.69 Å². The van der Waals surface area contributed by atoms with Gasteiger partial charge in [-0.15, -0.1) is 0 Å². The fourth-order valence-electron chi connectivity index (χ4n) is 1.51. The van der Waals surface area contributed by atoms with Crippen molar-refractivity contribution in [3.8, 4) is 0 Å². The number of anilines is 2. The molecule has 0 saturated heterocycles. The Kier molecular flexibility index (Phi) is 3.62. The summed E-state index contributed by atoms with van der Waals surface area (Å²) >= 11 is 3.03. The third kappa shape index (κ3) is 2.51. The van der Waals surface area contributed by atoms with E-state index in [-0.39, 0.29) is 15.7 Å². The summed E-state index contributed by atoms with van der Waals surface area (Å²) in [5.74, 6) is -0.979. The molecule has 0 aliphatic carbocycles. The van der Waals surface area contributed by atoms with Crippen molar-refractivity contribution in [2.75, 3.05) is 11.1 Å². The summed E-state index contributed by atoms with van der Waals surface area (Å²) in [6, 6.07) is 11.5. The Balaban J connectivity index is 2.33. The third-order valence-corrected chi connectivity index (χ3v) is 3.16. The zero-order valence-electron chi connectivity index (χ0n) is 9.28. The van der Waals surface area contributed by atoms with Crippen molar-refractivity contribution >= 4 is 33.2 Å². The largest absolute Gasteiger partial charge is 0.398 e. The number of hydrogen-bond acceptors (Lipinski definition) is 2. The summed E-state index contributed by atoms with van der Waals surface area (Å²) < 4.78 is 13.4. The molecule has 0 atom stereocenters.